The fraction of sp³-hybridized carbons (Fsp3) is 0.500. The molecule has 0 atom stereocenters. The van der Waals surface area contributed by atoms with Crippen LogP contribution in [0, 0.1) is 5.82 Å². The number of halogens is 2. The van der Waals surface area contributed by atoms with Crippen LogP contribution in [0.5, 0.6) is 0 Å². The van der Waals surface area contributed by atoms with Crippen LogP contribution in [-0.2, 0) is 18.1 Å². The van der Waals surface area contributed by atoms with Gasteiger partial charge in [0.05, 0.1) is 17.8 Å². The van der Waals surface area contributed by atoms with Crippen LogP contribution >= 0.6 is 15.9 Å². The summed E-state index contributed by atoms with van der Waals surface area (Å²) in [7, 11) is 0.00987. The summed E-state index contributed by atoms with van der Waals surface area (Å²) in [4.78, 5) is 0. The van der Waals surface area contributed by atoms with Crippen molar-refractivity contribution in [3.63, 3.8) is 0 Å². The van der Waals surface area contributed by atoms with E-state index in [2.05, 4.69) is 49.8 Å². The summed E-state index contributed by atoms with van der Waals surface area (Å²) in [5.74, 6) is -0.174. The SMILES string of the molecule is Cn1c(CO[Si](C)(C)C(C)(C)C)c(F)c2cc(Br)ccc21. The van der Waals surface area contributed by atoms with Gasteiger partial charge in [-0.25, -0.2) is 4.39 Å². The third-order valence-electron chi connectivity index (χ3n) is 4.59. The van der Waals surface area contributed by atoms with Gasteiger partial charge in [0.25, 0.3) is 0 Å². The first-order valence-corrected chi connectivity index (χ1v) is 10.8. The predicted molar refractivity (Wildman–Crippen MR) is 92.6 cm³/mol. The minimum Gasteiger partial charge on any atom is -0.411 e. The third-order valence-corrected chi connectivity index (χ3v) is 9.56. The molecule has 1 heterocycles. The summed E-state index contributed by atoms with van der Waals surface area (Å²) in [6, 6.07) is 5.68. The molecule has 0 radical (unpaired) electrons. The molecule has 0 saturated carbocycles. The van der Waals surface area contributed by atoms with Gasteiger partial charge < -0.3 is 8.99 Å². The Hall–Kier alpha value is -0.653. The van der Waals surface area contributed by atoms with Crippen molar-refractivity contribution in [3.8, 4) is 0 Å². The zero-order valence-corrected chi connectivity index (χ0v) is 16.1. The van der Waals surface area contributed by atoms with E-state index in [4.69, 9.17) is 4.43 Å². The van der Waals surface area contributed by atoms with Gasteiger partial charge in [0.15, 0.2) is 14.1 Å². The van der Waals surface area contributed by atoms with Crippen LogP contribution in [0.4, 0.5) is 4.39 Å². The highest BCUT2D eigenvalue weighted by Gasteiger charge is 2.37. The number of fused-ring (bicyclic) bond motifs is 1. The van der Waals surface area contributed by atoms with E-state index in [9.17, 15) is 4.39 Å². The summed E-state index contributed by atoms with van der Waals surface area (Å²) in [5, 5.41) is 0.762. The molecule has 116 valence electrons. The maximum absolute atomic E-state index is 14.6. The molecule has 2 rings (SSSR count). The minimum atomic E-state index is -1.88. The van der Waals surface area contributed by atoms with Crippen LogP contribution in [0.3, 0.4) is 0 Å². The summed E-state index contributed by atoms with van der Waals surface area (Å²) >= 11 is 3.40. The molecular formula is C16H23BrFNOSi. The quantitative estimate of drug-likeness (QED) is 0.640. The highest BCUT2D eigenvalue weighted by atomic mass is 79.9. The number of benzene rings is 1. The van der Waals surface area contributed by atoms with Crippen molar-refractivity contribution in [2.75, 3.05) is 0 Å². The number of aromatic nitrogens is 1. The van der Waals surface area contributed by atoms with E-state index in [1.54, 1.807) is 0 Å². The van der Waals surface area contributed by atoms with Gasteiger partial charge in [0, 0.05) is 16.9 Å². The van der Waals surface area contributed by atoms with Crippen LogP contribution in [0.25, 0.3) is 10.9 Å². The Morgan fingerprint density at radius 3 is 2.48 bits per heavy atom. The van der Waals surface area contributed by atoms with E-state index in [1.165, 1.54) is 0 Å². The molecule has 0 aliphatic rings. The van der Waals surface area contributed by atoms with Crippen molar-refractivity contribution < 1.29 is 8.82 Å². The van der Waals surface area contributed by atoms with Crippen LogP contribution in [0.2, 0.25) is 18.1 Å². The van der Waals surface area contributed by atoms with E-state index in [0.717, 1.165) is 9.99 Å². The summed E-state index contributed by atoms with van der Waals surface area (Å²) in [6.07, 6.45) is 0. The Morgan fingerprint density at radius 1 is 1.29 bits per heavy atom. The van der Waals surface area contributed by atoms with E-state index < -0.39 is 8.32 Å². The zero-order valence-electron chi connectivity index (χ0n) is 13.6. The topological polar surface area (TPSA) is 14.2 Å². The molecule has 5 heteroatoms. The van der Waals surface area contributed by atoms with Gasteiger partial charge in [-0.15, -0.1) is 0 Å². The lowest BCUT2D eigenvalue weighted by Crippen LogP contribution is -2.40. The van der Waals surface area contributed by atoms with E-state index in [-0.39, 0.29) is 10.9 Å². The molecule has 0 aliphatic carbocycles. The van der Waals surface area contributed by atoms with Crippen LogP contribution in [-0.4, -0.2) is 12.9 Å². The van der Waals surface area contributed by atoms with Gasteiger partial charge in [0.1, 0.15) is 0 Å². The maximum atomic E-state index is 14.6. The van der Waals surface area contributed by atoms with Crippen LogP contribution < -0.4 is 0 Å². The Bertz CT molecular complexity index is 673. The molecule has 0 N–H and O–H groups in total. The summed E-state index contributed by atoms with van der Waals surface area (Å²) in [6.45, 7) is 11.3. The molecule has 2 nitrogen and oxygen atoms in total. The standard InChI is InChI=1S/C16H23BrFNOSi/c1-16(2,3)21(5,6)20-10-14-15(18)12-9-11(17)7-8-13(12)19(14)4/h7-9H,10H2,1-6H3. The second kappa shape index (κ2) is 5.52. The molecule has 0 amide bonds. The molecule has 0 saturated heterocycles. The second-order valence-corrected chi connectivity index (χ2v) is 12.8. The number of hydrogen-bond acceptors (Lipinski definition) is 1. The van der Waals surface area contributed by atoms with Crippen molar-refractivity contribution in [3.05, 3.63) is 34.2 Å². The number of hydrogen-bond donors (Lipinski definition) is 0. The highest BCUT2D eigenvalue weighted by molar-refractivity contribution is 9.10. The molecular weight excluding hydrogens is 349 g/mol. The molecule has 0 spiro atoms. The zero-order chi connectivity index (χ0) is 16.0. The predicted octanol–water partition coefficient (Wildman–Crippen LogP) is 5.60. The van der Waals surface area contributed by atoms with E-state index in [0.29, 0.717) is 17.7 Å². The molecule has 21 heavy (non-hydrogen) atoms. The van der Waals surface area contributed by atoms with Crippen molar-refractivity contribution in [2.45, 2.75) is 45.5 Å². The van der Waals surface area contributed by atoms with E-state index in [1.807, 2.05) is 29.8 Å². The van der Waals surface area contributed by atoms with Crippen molar-refractivity contribution >= 4 is 35.2 Å². The molecule has 1 aromatic heterocycles. The number of rotatable bonds is 3. The first kappa shape index (κ1) is 16.7. The van der Waals surface area contributed by atoms with Crippen LogP contribution in [0.15, 0.2) is 22.7 Å². The molecule has 0 bridgehead atoms. The molecule has 0 unspecified atom stereocenters. The average molecular weight is 372 g/mol. The fourth-order valence-electron chi connectivity index (χ4n) is 2.05. The molecule has 0 fully saturated rings. The summed E-state index contributed by atoms with van der Waals surface area (Å²) in [5.41, 5.74) is 1.51. The first-order valence-electron chi connectivity index (χ1n) is 7.11. The lowest BCUT2D eigenvalue weighted by atomic mass is 10.2. The number of aryl methyl sites for hydroxylation is 1. The average Bonchev–Trinajstić information content (AvgIpc) is 2.58. The molecule has 1 aromatic carbocycles. The van der Waals surface area contributed by atoms with Gasteiger partial charge in [0.2, 0.25) is 0 Å². The maximum Gasteiger partial charge on any atom is 0.192 e. The Labute approximate surface area is 135 Å². The monoisotopic (exact) mass is 371 g/mol. The van der Waals surface area contributed by atoms with Crippen LogP contribution in [0.1, 0.15) is 26.5 Å². The highest BCUT2D eigenvalue weighted by Crippen LogP contribution is 2.37. The largest absolute Gasteiger partial charge is 0.411 e. The molecule has 0 aliphatic heterocycles. The third kappa shape index (κ3) is 3.10. The fourth-order valence-corrected chi connectivity index (χ4v) is 3.34. The smallest absolute Gasteiger partial charge is 0.192 e. The summed E-state index contributed by atoms with van der Waals surface area (Å²) < 4.78 is 23.6. The Morgan fingerprint density at radius 2 is 1.90 bits per heavy atom. The minimum absolute atomic E-state index is 0.122. The van der Waals surface area contributed by atoms with Crippen molar-refractivity contribution in [1.29, 1.82) is 0 Å². The van der Waals surface area contributed by atoms with Crippen molar-refractivity contribution in [1.82, 2.24) is 4.57 Å². The Balaban J connectivity index is 2.36. The van der Waals surface area contributed by atoms with E-state index >= 15 is 0 Å². The van der Waals surface area contributed by atoms with Crippen molar-refractivity contribution in [2.24, 2.45) is 7.05 Å². The van der Waals surface area contributed by atoms with Gasteiger partial charge in [-0.05, 0) is 36.3 Å². The van der Waals surface area contributed by atoms with Gasteiger partial charge in [-0.2, -0.15) is 0 Å². The van der Waals surface area contributed by atoms with Gasteiger partial charge >= 0.3 is 0 Å². The van der Waals surface area contributed by atoms with Gasteiger partial charge in [-0.1, -0.05) is 36.7 Å². The lowest BCUT2D eigenvalue weighted by Gasteiger charge is -2.36. The molecule has 2 aromatic rings. The van der Waals surface area contributed by atoms with Gasteiger partial charge in [-0.3, -0.25) is 0 Å². The Kier molecular flexibility index (Phi) is 4.39. The first-order chi connectivity index (χ1) is 9.54. The normalized spacial score (nSPS) is 13.1. The number of nitrogens with zero attached hydrogens (tertiary/aromatic N) is 1. The second-order valence-electron chi connectivity index (χ2n) is 7.03. The lowest BCUT2D eigenvalue weighted by molar-refractivity contribution is 0.263.